The number of carbonyl (C=O) groups is 2. The van der Waals surface area contributed by atoms with Crippen LogP contribution in [0.5, 0.6) is 0 Å². The number of amides is 1. The van der Waals surface area contributed by atoms with Crippen LogP contribution in [0.3, 0.4) is 0 Å². The number of nitrogens with zero attached hydrogens (tertiary/aromatic N) is 1. The molecule has 2 aromatic rings. The third-order valence-corrected chi connectivity index (χ3v) is 3.04. The van der Waals surface area contributed by atoms with Crippen molar-refractivity contribution < 1.29 is 14.7 Å². The highest BCUT2D eigenvalue weighted by atomic mass is 16.4. The third kappa shape index (κ3) is 4.14. The topological polar surface area (TPSA) is 79.3 Å². The van der Waals surface area contributed by atoms with E-state index in [1.165, 1.54) is 0 Å². The summed E-state index contributed by atoms with van der Waals surface area (Å²) in [7, 11) is 0. The van der Waals surface area contributed by atoms with Gasteiger partial charge in [0.05, 0.1) is 0 Å². The molecule has 0 saturated heterocycles. The number of hydrogen-bond donors (Lipinski definition) is 2. The van der Waals surface area contributed by atoms with Crippen molar-refractivity contribution in [2.24, 2.45) is 0 Å². The molecule has 1 heterocycles. The number of aliphatic carboxylic acids is 1. The van der Waals surface area contributed by atoms with Gasteiger partial charge < -0.3 is 10.4 Å². The van der Waals surface area contributed by atoms with Crippen molar-refractivity contribution in [1.82, 2.24) is 4.98 Å². The summed E-state index contributed by atoms with van der Waals surface area (Å²) in [6, 6.07) is 10.8. The second kappa shape index (κ2) is 6.65. The molecule has 2 N–H and O–H groups in total. The van der Waals surface area contributed by atoms with Gasteiger partial charge in [0.25, 0.3) is 5.91 Å². The zero-order chi connectivity index (χ0) is 15.2. The Morgan fingerprint density at radius 2 is 2.05 bits per heavy atom. The Hall–Kier alpha value is -2.69. The van der Waals surface area contributed by atoms with Crippen LogP contribution in [0.1, 0.15) is 28.0 Å². The van der Waals surface area contributed by atoms with Crippen molar-refractivity contribution in [1.29, 1.82) is 0 Å². The number of nitrogens with one attached hydrogen (secondary N) is 1. The van der Waals surface area contributed by atoms with Crippen molar-refractivity contribution in [3.63, 3.8) is 0 Å². The molecule has 0 unspecified atom stereocenters. The molecule has 0 aliphatic carbocycles. The van der Waals surface area contributed by atoms with E-state index in [1.54, 1.807) is 30.5 Å². The van der Waals surface area contributed by atoms with Gasteiger partial charge in [0.15, 0.2) is 0 Å². The predicted molar refractivity (Wildman–Crippen MR) is 79.3 cm³/mol. The van der Waals surface area contributed by atoms with Crippen molar-refractivity contribution in [3.05, 3.63) is 59.4 Å². The number of pyridine rings is 1. The van der Waals surface area contributed by atoms with E-state index in [-0.39, 0.29) is 12.3 Å². The number of aryl methyl sites for hydroxylation is 2. The van der Waals surface area contributed by atoms with Crippen LogP contribution in [0.2, 0.25) is 0 Å². The number of carboxylic acid groups (broad SMARTS) is 1. The lowest BCUT2D eigenvalue weighted by Crippen LogP contribution is -2.15. The fourth-order valence-corrected chi connectivity index (χ4v) is 1.97. The highest BCUT2D eigenvalue weighted by Crippen LogP contribution is 2.14. The zero-order valence-electron chi connectivity index (χ0n) is 11.7. The van der Waals surface area contributed by atoms with Gasteiger partial charge in [-0.15, -0.1) is 0 Å². The van der Waals surface area contributed by atoms with E-state index in [0.717, 1.165) is 11.1 Å². The minimum Gasteiger partial charge on any atom is -0.481 e. The number of anilines is 1. The minimum absolute atomic E-state index is 0.0662. The standard InChI is InChI=1S/C16H16N2O3/c1-11-4-3-9-17-15(11)16(21)18-13-6-2-5-12(10-13)7-8-14(19)20/h2-6,9-10H,7-8H2,1H3,(H,18,21)(H,19,20). The summed E-state index contributed by atoms with van der Waals surface area (Å²) in [6.07, 6.45) is 2.07. The number of hydrogen-bond acceptors (Lipinski definition) is 3. The Morgan fingerprint density at radius 1 is 1.24 bits per heavy atom. The summed E-state index contributed by atoms with van der Waals surface area (Å²) in [5, 5.41) is 11.5. The maximum absolute atomic E-state index is 12.1. The summed E-state index contributed by atoms with van der Waals surface area (Å²) in [5.74, 6) is -1.11. The molecule has 0 aliphatic rings. The summed E-state index contributed by atoms with van der Waals surface area (Å²) in [5.41, 5.74) is 2.69. The zero-order valence-corrected chi connectivity index (χ0v) is 11.7. The lowest BCUT2D eigenvalue weighted by molar-refractivity contribution is -0.136. The molecule has 0 fully saturated rings. The molecule has 5 heteroatoms. The molecule has 21 heavy (non-hydrogen) atoms. The Balaban J connectivity index is 2.09. The number of carboxylic acids is 1. The first-order valence-electron chi connectivity index (χ1n) is 6.60. The SMILES string of the molecule is Cc1cccnc1C(=O)Nc1cccc(CCC(=O)O)c1. The first kappa shape index (κ1) is 14.7. The Labute approximate surface area is 122 Å². The number of aromatic nitrogens is 1. The van der Waals surface area contributed by atoms with Crippen molar-refractivity contribution in [3.8, 4) is 0 Å². The maximum Gasteiger partial charge on any atom is 0.303 e. The summed E-state index contributed by atoms with van der Waals surface area (Å²) in [4.78, 5) is 26.8. The summed E-state index contributed by atoms with van der Waals surface area (Å²) < 4.78 is 0. The first-order chi connectivity index (χ1) is 10.1. The number of benzene rings is 1. The van der Waals surface area contributed by atoms with Crippen LogP contribution in [0.4, 0.5) is 5.69 Å². The van der Waals surface area contributed by atoms with E-state index >= 15 is 0 Å². The van der Waals surface area contributed by atoms with E-state index in [2.05, 4.69) is 10.3 Å². The van der Waals surface area contributed by atoms with Gasteiger partial charge in [-0.3, -0.25) is 14.6 Å². The molecule has 2 rings (SSSR count). The van der Waals surface area contributed by atoms with Crippen molar-refractivity contribution in [2.75, 3.05) is 5.32 Å². The number of carbonyl (C=O) groups excluding carboxylic acids is 1. The number of rotatable bonds is 5. The van der Waals surface area contributed by atoms with Gasteiger partial charge in [-0.2, -0.15) is 0 Å². The Bertz CT molecular complexity index is 668. The minimum atomic E-state index is -0.839. The smallest absolute Gasteiger partial charge is 0.303 e. The quantitative estimate of drug-likeness (QED) is 0.884. The predicted octanol–water partition coefficient (Wildman–Crippen LogP) is 2.66. The Kier molecular flexibility index (Phi) is 4.66. The van der Waals surface area contributed by atoms with E-state index < -0.39 is 5.97 Å². The fourth-order valence-electron chi connectivity index (χ4n) is 1.97. The molecular formula is C16H16N2O3. The maximum atomic E-state index is 12.1. The van der Waals surface area contributed by atoms with Crippen LogP contribution in [0.25, 0.3) is 0 Å². The second-order valence-electron chi connectivity index (χ2n) is 4.72. The molecule has 1 aromatic carbocycles. The summed E-state index contributed by atoms with van der Waals surface area (Å²) >= 11 is 0. The van der Waals surface area contributed by atoms with Gasteiger partial charge in [-0.25, -0.2) is 0 Å². The van der Waals surface area contributed by atoms with E-state index in [0.29, 0.717) is 17.8 Å². The van der Waals surface area contributed by atoms with Gasteiger partial charge in [0, 0.05) is 18.3 Å². The van der Waals surface area contributed by atoms with E-state index in [1.807, 2.05) is 19.1 Å². The molecule has 0 radical (unpaired) electrons. The van der Waals surface area contributed by atoms with Gasteiger partial charge in [-0.05, 0) is 42.7 Å². The van der Waals surface area contributed by atoms with E-state index in [9.17, 15) is 9.59 Å². The molecule has 0 saturated carbocycles. The van der Waals surface area contributed by atoms with Gasteiger partial charge in [0.1, 0.15) is 5.69 Å². The molecule has 0 atom stereocenters. The molecule has 1 aromatic heterocycles. The lowest BCUT2D eigenvalue weighted by Gasteiger charge is -2.08. The average molecular weight is 284 g/mol. The normalized spacial score (nSPS) is 10.1. The second-order valence-corrected chi connectivity index (χ2v) is 4.72. The highest BCUT2D eigenvalue weighted by Gasteiger charge is 2.10. The molecule has 0 spiro atoms. The van der Waals surface area contributed by atoms with Crippen LogP contribution in [-0.2, 0) is 11.2 Å². The van der Waals surface area contributed by atoms with Gasteiger partial charge in [0.2, 0.25) is 0 Å². The van der Waals surface area contributed by atoms with Gasteiger partial charge in [-0.1, -0.05) is 18.2 Å². The van der Waals surface area contributed by atoms with Gasteiger partial charge >= 0.3 is 5.97 Å². The van der Waals surface area contributed by atoms with Crippen LogP contribution in [0, 0.1) is 6.92 Å². The summed E-state index contributed by atoms with van der Waals surface area (Å²) in [6.45, 7) is 1.82. The molecular weight excluding hydrogens is 268 g/mol. The largest absolute Gasteiger partial charge is 0.481 e. The van der Waals surface area contributed by atoms with Crippen molar-refractivity contribution in [2.45, 2.75) is 19.8 Å². The molecule has 5 nitrogen and oxygen atoms in total. The van der Waals surface area contributed by atoms with Crippen molar-refractivity contribution >= 4 is 17.6 Å². The molecule has 0 aliphatic heterocycles. The van der Waals surface area contributed by atoms with Crippen LogP contribution in [0.15, 0.2) is 42.6 Å². The lowest BCUT2D eigenvalue weighted by atomic mass is 10.1. The highest BCUT2D eigenvalue weighted by molar-refractivity contribution is 6.03. The van der Waals surface area contributed by atoms with Crippen LogP contribution < -0.4 is 5.32 Å². The van der Waals surface area contributed by atoms with E-state index in [4.69, 9.17) is 5.11 Å². The third-order valence-electron chi connectivity index (χ3n) is 3.04. The molecule has 1 amide bonds. The monoisotopic (exact) mass is 284 g/mol. The van der Waals surface area contributed by atoms with Crippen LogP contribution >= 0.6 is 0 Å². The molecule has 108 valence electrons. The average Bonchev–Trinajstić information content (AvgIpc) is 2.46. The fraction of sp³-hybridized carbons (Fsp3) is 0.188. The first-order valence-corrected chi connectivity index (χ1v) is 6.60. The Morgan fingerprint density at radius 3 is 2.76 bits per heavy atom. The van der Waals surface area contributed by atoms with Crippen LogP contribution in [-0.4, -0.2) is 22.0 Å². The molecule has 0 bridgehead atoms.